The van der Waals surface area contributed by atoms with Gasteiger partial charge in [0.25, 0.3) is 5.91 Å². The predicted molar refractivity (Wildman–Crippen MR) is 95.6 cm³/mol. The Morgan fingerprint density at radius 3 is 2.56 bits per heavy atom. The number of nitrogens with one attached hydrogen (secondary N) is 1. The van der Waals surface area contributed by atoms with E-state index in [1.807, 2.05) is 0 Å². The van der Waals surface area contributed by atoms with Crippen molar-refractivity contribution in [3.8, 4) is 5.75 Å². The molecule has 1 aromatic heterocycles. The lowest BCUT2D eigenvalue weighted by molar-refractivity contribution is -0.119. The number of carbonyl (C=O) groups excluding carboxylic acids is 2. The molecule has 7 nitrogen and oxygen atoms in total. The normalized spacial score (nSPS) is 10.2. The van der Waals surface area contributed by atoms with E-state index < -0.39 is 18.5 Å². The highest BCUT2D eigenvalue weighted by molar-refractivity contribution is 6.36. The maximum atomic E-state index is 12.1. The van der Waals surface area contributed by atoms with Crippen molar-refractivity contribution in [2.24, 2.45) is 0 Å². The zero-order valence-corrected chi connectivity index (χ0v) is 15.1. The molecule has 0 aliphatic carbocycles. The van der Waals surface area contributed by atoms with Gasteiger partial charge in [0.2, 0.25) is 0 Å². The molecule has 1 aromatic carbocycles. The van der Waals surface area contributed by atoms with Crippen LogP contribution in [0.5, 0.6) is 5.75 Å². The summed E-state index contributed by atoms with van der Waals surface area (Å²) in [5.41, 5.74) is 5.93. The van der Waals surface area contributed by atoms with E-state index >= 15 is 0 Å². The molecule has 25 heavy (non-hydrogen) atoms. The number of esters is 1. The number of halogens is 3. The first-order valence-corrected chi connectivity index (χ1v) is 7.86. The van der Waals surface area contributed by atoms with Crippen molar-refractivity contribution in [1.82, 2.24) is 4.98 Å². The molecule has 0 fully saturated rings. The van der Waals surface area contributed by atoms with Gasteiger partial charge in [-0.2, -0.15) is 0 Å². The maximum Gasteiger partial charge on any atom is 0.342 e. The van der Waals surface area contributed by atoms with Crippen molar-refractivity contribution in [1.29, 1.82) is 0 Å². The van der Waals surface area contributed by atoms with Crippen LogP contribution in [0.3, 0.4) is 0 Å². The smallest absolute Gasteiger partial charge is 0.342 e. The van der Waals surface area contributed by atoms with Crippen LogP contribution >= 0.6 is 34.8 Å². The standard InChI is InChI=1S/C15H12Cl3N3O4/c1-24-12-4-11(19)9(17)3-8(12)15(23)25-6-13(22)21-14-10(18)2-7(16)5-20-14/h2-5H,6,19H2,1H3,(H,20,21,22). The van der Waals surface area contributed by atoms with Gasteiger partial charge in [0, 0.05) is 12.3 Å². The van der Waals surface area contributed by atoms with Crippen LogP contribution in [0.4, 0.5) is 11.5 Å². The van der Waals surface area contributed by atoms with E-state index in [1.165, 1.54) is 31.5 Å². The number of anilines is 2. The lowest BCUT2D eigenvalue weighted by atomic mass is 10.2. The number of amides is 1. The summed E-state index contributed by atoms with van der Waals surface area (Å²) in [4.78, 5) is 27.8. The van der Waals surface area contributed by atoms with Crippen LogP contribution in [0.25, 0.3) is 0 Å². The first-order chi connectivity index (χ1) is 11.8. The summed E-state index contributed by atoms with van der Waals surface area (Å²) in [6.45, 7) is -0.565. The average molecular weight is 405 g/mol. The maximum absolute atomic E-state index is 12.1. The number of hydrogen-bond acceptors (Lipinski definition) is 6. The summed E-state index contributed by atoms with van der Waals surface area (Å²) in [6, 6.07) is 4.10. The molecule has 0 saturated heterocycles. The molecule has 0 radical (unpaired) electrons. The number of carbonyl (C=O) groups is 2. The number of rotatable bonds is 5. The van der Waals surface area contributed by atoms with Crippen LogP contribution in [0.15, 0.2) is 24.4 Å². The first-order valence-electron chi connectivity index (χ1n) is 6.73. The largest absolute Gasteiger partial charge is 0.496 e. The number of nitrogen functional groups attached to an aromatic ring is 1. The van der Waals surface area contributed by atoms with E-state index in [-0.39, 0.29) is 32.9 Å². The molecule has 0 bridgehead atoms. The molecule has 2 aromatic rings. The lowest BCUT2D eigenvalue weighted by Crippen LogP contribution is -2.22. The van der Waals surface area contributed by atoms with Crippen molar-refractivity contribution in [3.63, 3.8) is 0 Å². The van der Waals surface area contributed by atoms with Gasteiger partial charge in [-0.25, -0.2) is 9.78 Å². The summed E-state index contributed by atoms with van der Waals surface area (Å²) in [5.74, 6) is -1.16. The van der Waals surface area contributed by atoms with Crippen LogP contribution in [0.1, 0.15) is 10.4 Å². The first kappa shape index (κ1) is 19.1. The van der Waals surface area contributed by atoms with Gasteiger partial charge in [0.15, 0.2) is 12.4 Å². The van der Waals surface area contributed by atoms with Crippen molar-refractivity contribution >= 4 is 58.2 Å². The van der Waals surface area contributed by atoms with E-state index in [9.17, 15) is 9.59 Å². The van der Waals surface area contributed by atoms with Crippen LogP contribution in [0.2, 0.25) is 15.1 Å². The van der Waals surface area contributed by atoms with Gasteiger partial charge in [-0.1, -0.05) is 34.8 Å². The highest BCUT2D eigenvalue weighted by atomic mass is 35.5. The number of ether oxygens (including phenoxy) is 2. The highest BCUT2D eigenvalue weighted by Crippen LogP contribution is 2.29. The second-order valence-electron chi connectivity index (χ2n) is 4.68. The Hall–Kier alpha value is -2.22. The minimum absolute atomic E-state index is 0.0390. The minimum Gasteiger partial charge on any atom is -0.496 e. The molecular formula is C15H12Cl3N3O4. The number of benzene rings is 1. The van der Waals surface area contributed by atoms with Gasteiger partial charge in [-0.05, 0) is 12.1 Å². The Morgan fingerprint density at radius 2 is 1.92 bits per heavy atom. The molecule has 0 spiro atoms. The monoisotopic (exact) mass is 403 g/mol. The topological polar surface area (TPSA) is 104 Å². The van der Waals surface area contributed by atoms with E-state index in [2.05, 4.69) is 10.3 Å². The quantitative estimate of drug-likeness (QED) is 0.584. The van der Waals surface area contributed by atoms with E-state index in [0.29, 0.717) is 5.02 Å². The van der Waals surface area contributed by atoms with Crippen molar-refractivity contribution in [2.75, 3.05) is 24.8 Å². The summed E-state index contributed by atoms with van der Waals surface area (Å²) in [5, 5.41) is 3.03. The second kappa shape index (κ2) is 8.24. The Bertz CT molecular complexity index is 830. The summed E-state index contributed by atoms with van der Waals surface area (Å²) < 4.78 is 9.99. The molecule has 0 aliphatic heterocycles. The van der Waals surface area contributed by atoms with Crippen LogP contribution < -0.4 is 15.8 Å². The van der Waals surface area contributed by atoms with Crippen LogP contribution in [-0.2, 0) is 9.53 Å². The van der Waals surface area contributed by atoms with Gasteiger partial charge >= 0.3 is 5.97 Å². The molecular weight excluding hydrogens is 393 g/mol. The van der Waals surface area contributed by atoms with Gasteiger partial charge < -0.3 is 20.5 Å². The Balaban J connectivity index is 2.02. The fourth-order valence-corrected chi connectivity index (χ4v) is 2.37. The highest BCUT2D eigenvalue weighted by Gasteiger charge is 2.18. The summed E-state index contributed by atoms with van der Waals surface area (Å²) >= 11 is 17.5. The number of hydrogen-bond donors (Lipinski definition) is 2. The molecule has 1 heterocycles. The molecule has 3 N–H and O–H groups in total. The van der Waals surface area contributed by atoms with Crippen molar-refractivity contribution in [3.05, 3.63) is 45.0 Å². The fraction of sp³-hybridized carbons (Fsp3) is 0.133. The number of nitrogens with zero attached hydrogens (tertiary/aromatic N) is 1. The number of nitrogens with two attached hydrogens (primary N) is 1. The van der Waals surface area contributed by atoms with Gasteiger partial charge in [0.05, 0.1) is 27.9 Å². The zero-order valence-electron chi connectivity index (χ0n) is 12.8. The zero-order chi connectivity index (χ0) is 18.6. The third kappa shape index (κ3) is 4.88. The minimum atomic E-state index is -0.802. The molecule has 2 rings (SSSR count). The summed E-state index contributed by atoms with van der Waals surface area (Å²) in [6.07, 6.45) is 1.32. The molecule has 0 aliphatic rings. The molecule has 0 atom stereocenters. The van der Waals surface area contributed by atoms with E-state index in [1.54, 1.807) is 0 Å². The van der Waals surface area contributed by atoms with Crippen molar-refractivity contribution in [2.45, 2.75) is 0 Å². The predicted octanol–water partition coefficient (Wildman–Crippen LogP) is 3.43. The molecule has 132 valence electrons. The Kier molecular flexibility index (Phi) is 6.30. The third-order valence-electron chi connectivity index (χ3n) is 2.94. The lowest BCUT2D eigenvalue weighted by Gasteiger charge is -2.11. The number of methoxy groups -OCH3 is 1. The summed E-state index contributed by atoms with van der Waals surface area (Å²) in [7, 11) is 1.36. The third-order valence-corrected chi connectivity index (χ3v) is 3.76. The SMILES string of the molecule is COc1cc(N)c(Cl)cc1C(=O)OCC(=O)Nc1ncc(Cl)cc1Cl. The van der Waals surface area contributed by atoms with Crippen LogP contribution in [0, 0.1) is 0 Å². The number of pyridine rings is 1. The van der Waals surface area contributed by atoms with E-state index in [4.69, 9.17) is 50.0 Å². The van der Waals surface area contributed by atoms with Crippen molar-refractivity contribution < 1.29 is 19.1 Å². The average Bonchev–Trinajstić information content (AvgIpc) is 2.57. The van der Waals surface area contributed by atoms with Gasteiger partial charge in [0.1, 0.15) is 11.3 Å². The Labute approximate surface area is 158 Å². The molecule has 0 unspecified atom stereocenters. The number of aromatic nitrogens is 1. The molecule has 0 saturated carbocycles. The fourth-order valence-electron chi connectivity index (χ4n) is 1.78. The molecule has 10 heteroatoms. The van der Waals surface area contributed by atoms with E-state index in [0.717, 1.165) is 0 Å². The second-order valence-corrected chi connectivity index (χ2v) is 5.93. The van der Waals surface area contributed by atoms with Gasteiger partial charge in [-0.15, -0.1) is 0 Å². The Morgan fingerprint density at radius 1 is 1.20 bits per heavy atom. The van der Waals surface area contributed by atoms with Crippen LogP contribution in [-0.4, -0.2) is 30.6 Å². The molecule has 1 amide bonds. The van der Waals surface area contributed by atoms with Gasteiger partial charge in [-0.3, -0.25) is 4.79 Å².